The summed E-state index contributed by atoms with van der Waals surface area (Å²) in [6, 6.07) is 4.40. The van der Waals surface area contributed by atoms with Gasteiger partial charge in [0.2, 0.25) is 0 Å². The molecule has 0 aliphatic heterocycles. The molecule has 0 spiro atoms. The summed E-state index contributed by atoms with van der Waals surface area (Å²) in [5.74, 6) is -0.190. The zero-order valence-electron chi connectivity index (χ0n) is 17.2. The van der Waals surface area contributed by atoms with Crippen molar-refractivity contribution in [2.24, 2.45) is 0 Å². The van der Waals surface area contributed by atoms with Crippen LogP contribution in [0.2, 0.25) is 0 Å². The molecular weight excluding hydrogens is 340 g/mol. The minimum Gasteiger partial charge on any atom is -0.504 e. The van der Waals surface area contributed by atoms with Gasteiger partial charge in [-0.3, -0.25) is 0 Å². The number of phenolic OH excluding ortho intramolecular Hbond substituents is 1. The van der Waals surface area contributed by atoms with Crippen LogP contribution in [0, 0.1) is 0 Å². The fourth-order valence-electron chi connectivity index (χ4n) is 2.49. The van der Waals surface area contributed by atoms with Gasteiger partial charge in [0.05, 0.1) is 12.7 Å². The molecular formula is C23H32O4. The van der Waals surface area contributed by atoms with Crippen LogP contribution in [0.15, 0.2) is 53.1 Å². The average molecular weight is 373 g/mol. The summed E-state index contributed by atoms with van der Waals surface area (Å²) in [4.78, 5) is 12.1. The van der Waals surface area contributed by atoms with Gasteiger partial charge in [-0.2, -0.15) is 0 Å². The van der Waals surface area contributed by atoms with Crippen LogP contribution in [0.1, 0.15) is 63.7 Å². The Morgan fingerprint density at radius 2 is 1.63 bits per heavy atom. The van der Waals surface area contributed by atoms with E-state index in [4.69, 9.17) is 9.47 Å². The second-order valence-corrected chi connectivity index (χ2v) is 6.94. The molecule has 0 fully saturated rings. The molecule has 148 valence electrons. The van der Waals surface area contributed by atoms with Crippen molar-refractivity contribution in [2.75, 3.05) is 13.7 Å². The summed E-state index contributed by atoms with van der Waals surface area (Å²) in [5, 5.41) is 9.56. The fraction of sp³-hybridized carbons (Fsp3) is 0.435. The van der Waals surface area contributed by atoms with Crippen LogP contribution in [0.3, 0.4) is 0 Å². The number of carbonyl (C=O) groups is 1. The molecule has 1 aromatic rings. The molecule has 4 heteroatoms. The maximum absolute atomic E-state index is 12.1. The second-order valence-electron chi connectivity index (χ2n) is 6.94. The zero-order valence-corrected chi connectivity index (χ0v) is 17.2. The number of carbonyl (C=O) groups excluding carboxylic acids is 1. The van der Waals surface area contributed by atoms with Crippen LogP contribution in [0.5, 0.6) is 11.5 Å². The maximum Gasteiger partial charge on any atom is 0.338 e. The highest BCUT2D eigenvalue weighted by molar-refractivity contribution is 5.90. The van der Waals surface area contributed by atoms with E-state index in [9.17, 15) is 9.90 Å². The second kappa shape index (κ2) is 12.0. The van der Waals surface area contributed by atoms with Gasteiger partial charge in [0.1, 0.15) is 6.61 Å². The predicted molar refractivity (Wildman–Crippen MR) is 110 cm³/mol. The van der Waals surface area contributed by atoms with Gasteiger partial charge < -0.3 is 14.6 Å². The smallest absolute Gasteiger partial charge is 0.338 e. The number of phenols is 1. The van der Waals surface area contributed by atoms with Gasteiger partial charge in [-0.1, -0.05) is 28.9 Å². The van der Waals surface area contributed by atoms with Crippen molar-refractivity contribution in [3.05, 3.63) is 58.7 Å². The minimum absolute atomic E-state index is 0.00557. The van der Waals surface area contributed by atoms with E-state index < -0.39 is 5.97 Å². The molecule has 0 atom stereocenters. The summed E-state index contributed by atoms with van der Waals surface area (Å²) in [6.07, 6.45) is 10.6. The minimum atomic E-state index is -0.438. The Labute approximate surface area is 163 Å². The molecule has 0 saturated heterocycles. The van der Waals surface area contributed by atoms with Crippen LogP contribution in [0.25, 0.3) is 0 Å². The van der Waals surface area contributed by atoms with Crippen molar-refractivity contribution < 1.29 is 19.4 Å². The van der Waals surface area contributed by atoms with E-state index in [0.29, 0.717) is 5.56 Å². The Morgan fingerprint density at radius 3 is 2.26 bits per heavy atom. The SMILES string of the molecule is COc1cc(C(=O)OC/C=C(\C)CC/C=C(\C)CCC=C(C)C)ccc1O. The lowest BCUT2D eigenvalue weighted by atomic mass is 10.1. The van der Waals surface area contributed by atoms with Gasteiger partial charge in [-0.05, 0) is 77.7 Å². The monoisotopic (exact) mass is 372 g/mol. The largest absolute Gasteiger partial charge is 0.504 e. The molecule has 27 heavy (non-hydrogen) atoms. The van der Waals surface area contributed by atoms with Crippen molar-refractivity contribution in [1.29, 1.82) is 0 Å². The van der Waals surface area contributed by atoms with E-state index in [1.54, 1.807) is 0 Å². The van der Waals surface area contributed by atoms with Crippen LogP contribution >= 0.6 is 0 Å². The average Bonchev–Trinajstić information content (AvgIpc) is 2.61. The highest BCUT2D eigenvalue weighted by Gasteiger charge is 2.10. The summed E-state index contributed by atoms with van der Waals surface area (Å²) in [7, 11) is 1.44. The van der Waals surface area contributed by atoms with Crippen molar-refractivity contribution in [3.63, 3.8) is 0 Å². The zero-order chi connectivity index (χ0) is 20.2. The standard InChI is InChI=1S/C23H32O4/c1-17(2)8-6-9-18(3)10-7-11-19(4)14-15-27-23(25)20-12-13-21(24)22(16-20)26-5/h8,10,12-14,16,24H,6-7,9,11,15H2,1-5H3/b18-10+,19-14+. The number of benzene rings is 1. The predicted octanol–water partition coefficient (Wildman–Crippen LogP) is 5.98. The molecule has 0 radical (unpaired) electrons. The molecule has 0 heterocycles. The van der Waals surface area contributed by atoms with E-state index in [1.807, 2.05) is 13.0 Å². The van der Waals surface area contributed by atoms with E-state index in [-0.39, 0.29) is 18.1 Å². The van der Waals surface area contributed by atoms with E-state index in [2.05, 4.69) is 32.9 Å². The fourth-order valence-corrected chi connectivity index (χ4v) is 2.49. The Bertz CT molecular complexity index is 707. The number of hydrogen-bond donors (Lipinski definition) is 1. The number of hydrogen-bond acceptors (Lipinski definition) is 4. The molecule has 1 N–H and O–H groups in total. The summed E-state index contributed by atoms with van der Waals surface area (Å²) < 4.78 is 10.3. The quantitative estimate of drug-likeness (QED) is 0.406. The maximum atomic E-state index is 12.1. The first-order valence-electron chi connectivity index (χ1n) is 9.32. The lowest BCUT2D eigenvalue weighted by Crippen LogP contribution is -2.05. The summed E-state index contributed by atoms with van der Waals surface area (Å²) >= 11 is 0. The number of rotatable bonds is 10. The first kappa shape index (κ1) is 22.6. The number of methoxy groups -OCH3 is 1. The first-order chi connectivity index (χ1) is 12.8. The highest BCUT2D eigenvalue weighted by Crippen LogP contribution is 2.26. The van der Waals surface area contributed by atoms with Gasteiger partial charge in [-0.15, -0.1) is 0 Å². The molecule has 0 aromatic heterocycles. The van der Waals surface area contributed by atoms with Crippen LogP contribution in [0.4, 0.5) is 0 Å². The molecule has 0 aliphatic rings. The third-order valence-corrected chi connectivity index (χ3v) is 4.18. The number of ether oxygens (including phenoxy) is 2. The summed E-state index contributed by atoms with van der Waals surface area (Å²) in [6.45, 7) is 8.70. The Hall–Kier alpha value is -2.49. The Morgan fingerprint density at radius 1 is 1.00 bits per heavy atom. The van der Waals surface area contributed by atoms with Crippen molar-refractivity contribution in [1.82, 2.24) is 0 Å². The third-order valence-electron chi connectivity index (χ3n) is 4.18. The molecule has 0 unspecified atom stereocenters. The Balaban J connectivity index is 2.39. The number of allylic oxidation sites excluding steroid dienone is 5. The van der Waals surface area contributed by atoms with Gasteiger partial charge in [0.25, 0.3) is 0 Å². The lowest BCUT2D eigenvalue weighted by molar-refractivity contribution is 0.0548. The van der Waals surface area contributed by atoms with Crippen LogP contribution in [-0.2, 0) is 4.74 Å². The first-order valence-corrected chi connectivity index (χ1v) is 9.32. The normalized spacial score (nSPS) is 11.9. The van der Waals surface area contributed by atoms with E-state index in [1.165, 1.54) is 42.0 Å². The molecule has 1 aromatic carbocycles. The number of esters is 1. The third kappa shape index (κ3) is 9.13. The van der Waals surface area contributed by atoms with Gasteiger partial charge in [-0.25, -0.2) is 4.79 Å². The van der Waals surface area contributed by atoms with Crippen molar-refractivity contribution in [2.45, 2.75) is 53.4 Å². The summed E-state index contributed by atoms with van der Waals surface area (Å²) in [5.41, 5.74) is 4.32. The molecule has 0 bridgehead atoms. The van der Waals surface area contributed by atoms with Gasteiger partial charge in [0, 0.05) is 0 Å². The molecule has 0 amide bonds. The molecule has 4 nitrogen and oxygen atoms in total. The van der Waals surface area contributed by atoms with Crippen LogP contribution < -0.4 is 4.74 Å². The lowest BCUT2D eigenvalue weighted by Gasteiger charge is -2.07. The topological polar surface area (TPSA) is 55.8 Å². The molecule has 0 aliphatic carbocycles. The number of aromatic hydroxyl groups is 1. The van der Waals surface area contributed by atoms with E-state index >= 15 is 0 Å². The van der Waals surface area contributed by atoms with E-state index in [0.717, 1.165) is 25.7 Å². The molecule has 0 saturated carbocycles. The van der Waals surface area contributed by atoms with Crippen molar-refractivity contribution >= 4 is 5.97 Å². The van der Waals surface area contributed by atoms with Gasteiger partial charge >= 0.3 is 5.97 Å². The molecule has 1 rings (SSSR count). The van der Waals surface area contributed by atoms with Crippen molar-refractivity contribution in [3.8, 4) is 11.5 Å². The highest BCUT2D eigenvalue weighted by atomic mass is 16.5. The van der Waals surface area contributed by atoms with Gasteiger partial charge in [0.15, 0.2) is 11.5 Å². The Kier molecular flexibility index (Phi) is 10.0. The van der Waals surface area contributed by atoms with Crippen LogP contribution in [-0.4, -0.2) is 24.8 Å².